The van der Waals surface area contributed by atoms with E-state index in [1.165, 1.54) is 40.7 Å². The Hall–Kier alpha value is -2.98. The van der Waals surface area contributed by atoms with Crippen molar-refractivity contribution in [2.75, 3.05) is 31.1 Å². The van der Waals surface area contributed by atoms with Crippen LogP contribution in [0.25, 0.3) is 0 Å². The van der Waals surface area contributed by atoms with Gasteiger partial charge in [0.2, 0.25) is 16.1 Å². The van der Waals surface area contributed by atoms with Gasteiger partial charge in [0.25, 0.3) is 0 Å². The van der Waals surface area contributed by atoms with Crippen molar-refractivity contribution >= 4 is 27.6 Å². The molecule has 0 amide bonds. The van der Waals surface area contributed by atoms with E-state index in [0.29, 0.717) is 13.1 Å². The molecule has 8 nitrogen and oxygen atoms in total. The standard InChI is InChI=1S/C22H23FN2O6S/c1-15-13-20(22(27)30-15)31-21(26)16-3-2-4-19(14-16)32(28,29)25-11-9-24(10-12-25)18-7-5-17(23)6-8-18/h2-8,14-15,20H,9-13H2,1H3/t15-,20-/m0/s1. The Morgan fingerprint density at radius 3 is 2.41 bits per heavy atom. The van der Waals surface area contributed by atoms with Gasteiger partial charge < -0.3 is 14.4 Å². The van der Waals surface area contributed by atoms with Crippen LogP contribution in [0.1, 0.15) is 23.7 Å². The first-order valence-electron chi connectivity index (χ1n) is 10.3. The minimum atomic E-state index is -3.83. The zero-order valence-corrected chi connectivity index (χ0v) is 18.3. The van der Waals surface area contributed by atoms with Crippen LogP contribution in [0.3, 0.4) is 0 Å². The van der Waals surface area contributed by atoms with Gasteiger partial charge in [0.05, 0.1) is 10.5 Å². The molecule has 10 heteroatoms. The molecule has 0 radical (unpaired) electrons. The van der Waals surface area contributed by atoms with Gasteiger partial charge in [0, 0.05) is 38.3 Å². The summed E-state index contributed by atoms with van der Waals surface area (Å²) in [5.74, 6) is -1.71. The average molecular weight is 462 g/mol. The van der Waals surface area contributed by atoms with Gasteiger partial charge >= 0.3 is 11.9 Å². The summed E-state index contributed by atoms with van der Waals surface area (Å²) in [4.78, 5) is 26.1. The Balaban J connectivity index is 1.43. The first-order valence-corrected chi connectivity index (χ1v) is 11.7. The van der Waals surface area contributed by atoms with Gasteiger partial charge in [0.15, 0.2) is 0 Å². The van der Waals surface area contributed by atoms with E-state index in [1.54, 1.807) is 19.1 Å². The number of benzene rings is 2. The molecule has 0 spiro atoms. The molecule has 170 valence electrons. The van der Waals surface area contributed by atoms with Crippen LogP contribution < -0.4 is 4.90 Å². The van der Waals surface area contributed by atoms with E-state index in [9.17, 15) is 22.4 Å². The van der Waals surface area contributed by atoms with Crippen LogP contribution in [0.4, 0.5) is 10.1 Å². The molecule has 2 aromatic carbocycles. The number of hydrogen-bond donors (Lipinski definition) is 0. The van der Waals surface area contributed by atoms with Crippen molar-refractivity contribution in [2.45, 2.75) is 30.4 Å². The normalized spacial score (nSPS) is 21.9. The smallest absolute Gasteiger partial charge is 0.347 e. The SMILES string of the molecule is C[C@H]1C[C@H](OC(=O)c2cccc(S(=O)(=O)N3CCN(c4ccc(F)cc4)CC3)c2)C(=O)O1. The quantitative estimate of drug-likeness (QED) is 0.629. The maximum absolute atomic E-state index is 13.1. The highest BCUT2D eigenvalue weighted by molar-refractivity contribution is 7.89. The van der Waals surface area contributed by atoms with Crippen LogP contribution in [-0.4, -0.2) is 63.0 Å². The number of esters is 2. The van der Waals surface area contributed by atoms with Crippen molar-refractivity contribution in [1.82, 2.24) is 4.31 Å². The van der Waals surface area contributed by atoms with Gasteiger partial charge in [-0.05, 0) is 49.4 Å². The van der Waals surface area contributed by atoms with Crippen molar-refractivity contribution in [3.05, 3.63) is 59.9 Å². The number of nitrogens with zero attached hydrogens (tertiary/aromatic N) is 2. The summed E-state index contributed by atoms with van der Waals surface area (Å²) in [5, 5.41) is 0. The highest BCUT2D eigenvalue weighted by Gasteiger charge is 2.35. The van der Waals surface area contributed by atoms with Gasteiger partial charge in [-0.1, -0.05) is 6.07 Å². The van der Waals surface area contributed by atoms with E-state index in [1.807, 2.05) is 4.90 Å². The molecule has 0 bridgehead atoms. The molecule has 2 aliphatic heterocycles. The number of cyclic esters (lactones) is 1. The molecule has 0 aliphatic carbocycles. The molecule has 2 heterocycles. The molecule has 2 atom stereocenters. The molecular formula is C22H23FN2O6S. The van der Waals surface area contributed by atoms with E-state index in [4.69, 9.17) is 9.47 Å². The van der Waals surface area contributed by atoms with Crippen LogP contribution >= 0.6 is 0 Å². The lowest BCUT2D eigenvalue weighted by molar-refractivity contribution is -0.147. The number of ether oxygens (including phenoxy) is 2. The summed E-state index contributed by atoms with van der Waals surface area (Å²) in [7, 11) is -3.83. The first kappa shape index (κ1) is 22.2. The van der Waals surface area contributed by atoms with E-state index in [0.717, 1.165) is 5.69 Å². The number of carbonyl (C=O) groups is 2. The zero-order valence-electron chi connectivity index (χ0n) is 17.4. The lowest BCUT2D eigenvalue weighted by Gasteiger charge is -2.35. The zero-order chi connectivity index (χ0) is 22.9. The van der Waals surface area contributed by atoms with Crippen molar-refractivity contribution in [3.63, 3.8) is 0 Å². The number of anilines is 1. The predicted molar refractivity (Wildman–Crippen MR) is 113 cm³/mol. The van der Waals surface area contributed by atoms with Gasteiger partial charge in [-0.2, -0.15) is 4.31 Å². The van der Waals surface area contributed by atoms with Gasteiger partial charge in [-0.3, -0.25) is 0 Å². The van der Waals surface area contributed by atoms with Crippen molar-refractivity contribution < 1.29 is 31.9 Å². The van der Waals surface area contributed by atoms with Crippen LogP contribution in [-0.2, 0) is 24.3 Å². The second-order valence-electron chi connectivity index (χ2n) is 7.77. The second kappa shape index (κ2) is 8.87. The van der Waals surface area contributed by atoms with E-state index in [-0.39, 0.29) is 41.9 Å². The fraction of sp³-hybridized carbons (Fsp3) is 0.364. The molecular weight excluding hydrogens is 439 g/mol. The third-order valence-electron chi connectivity index (χ3n) is 5.51. The largest absolute Gasteiger partial charge is 0.460 e. The third kappa shape index (κ3) is 4.61. The summed E-state index contributed by atoms with van der Waals surface area (Å²) in [6, 6.07) is 11.7. The van der Waals surface area contributed by atoms with Gasteiger partial charge in [-0.25, -0.2) is 22.4 Å². The molecule has 2 aromatic rings. The maximum Gasteiger partial charge on any atom is 0.347 e. The summed E-state index contributed by atoms with van der Waals surface area (Å²) in [5.41, 5.74) is 0.872. The predicted octanol–water partition coefficient (Wildman–Crippen LogP) is 2.20. The van der Waals surface area contributed by atoms with E-state index < -0.39 is 28.1 Å². The van der Waals surface area contributed by atoms with Crippen LogP contribution in [0.15, 0.2) is 53.4 Å². The molecule has 2 aliphatic rings. The number of hydrogen-bond acceptors (Lipinski definition) is 7. The lowest BCUT2D eigenvalue weighted by atomic mass is 10.2. The summed E-state index contributed by atoms with van der Waals surface area (Å²) < 4.78 is 50.9. The van der Waals surface area contributed by atoms with Crippen LogP contribution in [0, 0.1) is 5.82 Å². The van der Waals surface area contributed by atoms with Crippen molar-refractivity contribution in [2.24, 2.45) is 0 Å². The Morgan fingerprint density at radius 2 is 1.78 bits per heavy atom. The molecule has 2 fully saturated rings. The number of halogens is 1. The second-order valence-corrected chi connectivity index (χ2v) is 9.71. The molecule has 0 aromatic heterocycles. The maximum atomic E-state index is 13.1. The van der Waals surface area contributed by atoms with E-state index >= 15 is 0 Å². The number of carbonyl (C=O) groups excluding carboxylic acids is 2. The fourth-order valence-corrected chi connectivity index (χ4v) is 5.25. The average Bonchev–Trinajstić information content (AvgIpc) is 3.11. The minimum Gasteiger partial charge on any atom is -0.460 e. The third-order valence-corrected chi connectivity index (χ3v) is 7.41. The van der Waals surface area contributed by atoms with Crippen molar-refractivity contribution in [3.8, 4) is 0 Å². The van der Waals surface area contributed by atoms with Crippen LogP contribution in [0.5, 0.6) is 0 Å². The molecule has 32 heavy (non-hydrogen) atoms. The Labute approximate surface area is 185 Å². The summed E-state index contributed by atoms with van der Waals surface area (Å²) in [6.45, 7) is 3.11. The Kier molecular flexibility index (Phi) is 6.16. The highest BCUT2D eigenvalue weighted by atomic mass is 32.2. The summed E-state index contributed by atoms with van der Waals surface area (Å²) >= 11 is 0. The number of piperazine rings is 1. The molecule has 0 unspecified atom stereocenters. The molecule has 0 saturated carbocycles. The van der Waals surface area contributed by atoms with E-state index in [2.05, 4.69) is 0 Å². The van der Waals surface area contributed by atoms with Gasteiger partial charge in [0.1, 0.15) is 11.9 Å². The summed E-state index contributed by atoms with van der Waals surface area (Å²) in [6.07, 6.45) is -1.06. The lowest BCUT2D eigenvalue weighted by Crippen LogP contribution is -2.48. The van der Waals surface area contributed by atoms with Crippen molar-refractivity contribution in [1.29, 1.82) is 0 Å². The monoisotopic (exact) mass is 462 g/mol. The number of sulfonamides is 1. The fourth-order valence-electron chi connectivity index (χ4n) is 3.78. The molecule has 4 rings (SSSR count). The Morgan fingerprint density at radius 1 is 1.09 bits per heavy atom. The Bertz CT molecular complexity index is 1110. The molecule has 2 saturated heterocycles. The first-order chi connectivity index (χ1) is 15.2. The topological polar surface area (TPSA) is 93.2 Å². The molecule has 0 N–H and O–H groups in total. The van der Waals surface area contributed by atoms with Gasteiger partial charge in [-0.15, -0.1) is 0 Å². The minimum absolute atomic E-state index is 0.0236. The number of rotatable bonds is 5. The van der Waals surface area contributed by atoms with Crippen LogP contribution in [0.2, 0.25) is 0 Å². The highest BCUT2D eigenvalue weighted by Crippen LogP contribution is 2.23.